The molecule has 0 saturated carbocycles. The van der Waals surface area contributed by atoms with E-state index in [1.165, 1.54) is 5.56 Å². The first-order valence-electron chi connectivity index (χ1n) is 5.89. The van der Waals surface area contributed by atoms with Crippen LogP contribution in [0.3, 0.4) is 0 Å². The Balaban J connectivity index is 2.63. The van der Waals surface area contributed by atoms with E-state index in [9.17, 15) is 0 Å². The van der Waals surface area contributed by atoms with Crippen molar-refractivity contribution in [3.63, 3.8) is 0 Å². The number of aryl methyl sites for hydroxylation is 1. The smallest absolute Gasteiger partial charge is 0.162 e. The molecule has 1 aromatic heterocycles. The maximum atomic E-state index is 6.18. The zero-order valence-electron chi connectivity index (χ0n) is 10.8. The Morgan fingerprint density at radius 3 is 2.42 bits per heavy atom. The summed E-state index contributed by atoms with van der Waals surface area (Å²) < 4.78 is 1.75. The van der Waals surface area contributed by atoms with Gasteiger partial charge >= 0.3 is 0 Å². The van der Waals surface area contributed by atoms with Crippen LogP contribution in [0.1, 0.15) is 31.0 Å². The molecule has 100 valence electrons. The first-order chi connectivity index (χ1) is 8.90. The molecule has 0 aliphatic carbocycles. The van der Waals surface area contributed by atoms with Crippen LogP contribution < -0.4 is 0 Å². The Hall–Kier alpha value is -0.450. The molecule has 1 aromatic carbocycles. The third-order valence-electron chi connectivity index (χ3n) is 2.75. The second-order valence-electron chi connectivity index (χ2n) is 4.68. The second-order valence-corrected chi connectivity index (χ2v) is 6.68. The van der Waals surface area contributed by atoms with Gasteiger partial charge in [0.15, 0.2) is 5.82 Å². The van der Waals surface area contributed by atoms with Crippen LogP contribution in [0, 0.1) is 6.92 Å². The maximum Gasteiger partial charge on any atom is 0.162 e. The summed E-state index contributed by atoms with van der Waals surface area (Å²) in [4.78, 5) is 8.97. The standard InChI is InChI=1S/C14H13Br2ClN2/c1-7(2)12-11(16)13(17)19-14(18-12)9-5-4-8(3)6-10(9)15/h4-7H,1-3H3. The van der Waals surface area contributed by atoms with Gasteiger partial charge in [-0.2, -0.15) is 0 Å². The van der Waals surface area contributed by atoms with E-state index in [0.29, 0.717) is 11.0 Å². The van der Waals surface area contributed by atoms with Gasteiger partial charge in [-0.3, -0.25) is 0 Å². The Morgan fingerprint density at radius 2 is 1.84 bits per heavy atom. The highest BCUT2D eigenvalue weighted by Gasteiger charge is 2.16. The molecule has 0 amide bonds. The van der Waals surface area contributed by atoms with Gasteiger partial charge in [0.05, 0.1) is 10.2 Å². The Bertz CT molecular complexity index is 627. The van der Waals surface area contributed by atoms with Crippen LogP contribution >= 0.6 is 43.5 Å². The van der Waals surface area contributed by atoms with Gasteiger partial charge in [0, 0.05) is 10.0 Å². The fraction of sp³-hybridized carbons (Fsp3) is 0.286. The highest BCUT2D eigenvalue weighted by molar-refractivity contribution is 9.11. The van der Waals surface area contributed by atoms with Crippen molar-refractivity contribution in [1.82, 2.24) is 9.97 Å². The van der Waals surface area contributed by atoms with Gasteiger partial charge in [-0.25, -0.2) is 9.97 Å². The minimum absolute atomic E-state index is 0.276. The number of benzene rings is 1. The van der Waals surface area contributed by atoms with Gasteiger partial charge < -0.3 is 0 Å². The van der Waals surface area contributed by atoms with Crippen molar-refractivity contribution in [2.75, 3.05) is 0 Å². The molecule has 0 spiro atoms. The van der Waals surface area contributed by atoms with Gasteiger partial charge in [0.2, 0.25) is 0 Å². The molecule has 0 unspecified atom stereocenters. The van der Waals surface area contributed by atoms with Gasteiger partial charge in [0.1, 0.15) is 5.15 Å². The average Bonchev–Trinajstić information content (AvgIpc) is 2.32. The normalized spacial score (nSPS) is 11.1. The van der Waals surface area contributed by atoms with Gasteiger partial charge in [-0.15, -0.1) is 0 Å². The van der Waals surface area contributed by atoms with Crippen molar-refractivity contribution < 1.29 is 0 Å². The Morgan fingerprint density at radius 1 is 1.16 bits per heavy atom. The molecule has 0 aliphatic rings. The van der Waals surface area contributed by atoms with Crippen LogP contribution in [0.25, 0.3) is 11.4 Å². The van der Waals surface area contributed by atoms with Crippen molar-refractivity contribution in [1.29, 1.82) is 0 Å². The van der Waals surface area contributed by atoms with E-state index in [1.54, 1.807) is 0 Å². The van der Waals surface area contributed by atoms with E-state index in [-0.39, 0.29) is 5.92 Å². The monoisotopic (exact) mass is 402 g/mol. The van der Waals surface area contributed by atoms with Crippen LogP contribution in [-0.2, 0) is 0 Å². The molecule has 0 aliphatic heterocycles. The summed E-state index contributed by atoms with van der Waals surface area (Å²) in [5.74, 6) is 0.918. The van der Waals surface area contributed by atoms with E-state index in [1.807, 2.05) is 25.1 Å². The zero-order valence-corrected chi connectivity index (χ0v) is 14.8. The zero-order chi connectivity index (χ0) is 14.2. The van der Waals surface area contributed by atoms with Crippen LogP contribution in [-0.4, -0.2) is 9.97 Å². The van der Waals surface area contributed by atoms with E-state index >= 15 is 0 Å². The van der Waals surface area contributed by atoms with E-state index in [2.05, 4.69) is 55.7 Å². The molecule has 0 fully saturated rings. The molecule has 0 N–H and O–H groups in total. The van der Waals surface area contributed by atoms with Crippen LogP contribution in [0.2, 0.25) is 5.15 Å². The summed E-state index contributed by atoms with van der Waals surface area (Å²) in [6.07, 6.45) is 0. The molecule has 5 heteroatoms. The minimum atomic E-state index is 0.276. The Labute approximate surface area is 134 Å². The largest absolute Gasteiger partial charge is 0.231 e. The van der Waals surface area contributed by atoms with Gasteiger partial charge in [-0.05, 0) is 46.5 Å². The molecule has 19 heavy (non-hydrogen) atoms. The minimum Gasteiger partial charge on any atom is -0.231 e. The Kier molecular flexibility index (Phi) is 4.64. The third kappa shape index (κ3) is 3.18. The van der Waals surface area contributed by atoms with Crippen molar-refractivity contribution in [2.45, 2.75) is 26.7 Å². The number of nitrogens with zero attached hydrogens (tertiary/aromatic N) is 2. The number of hydrogen-bond donors (Lipinski definition) is 0. The predicted molar refractivity (Wildman–Crippen MR) is 86.7 cm³/mol. The molecular weight excluding hydrogens is 391 g/mol. The quantitative estimate of drug-likeness (QED) is 0.595. The van der Waals surface area contributed by atoms with Gasteiger partial charge in [-0.1, -0.05) is 47.4 Å². The lowest BCUT2D eigenvalue weighted by atomic mass is 10.1. The molecule has 0 radical (unpaired) electrons. The van der Waals surface area contributed by atoms with Crippen LogP contribution in [0.4, 0.5) is 0 Å². The van der Waals surface area contributed by atoms with E-state index in [4.69, 9.17) is 11.6 Å². The van der Waals surface area contributed by atoms with E-state index < -0.39 is 0 Å². The molecule has 0 bridgehead atoms. The SMILES string of the molecule is Cc1ccc(-c2nc(Cl)c(Br)c(C(C)C)n2)c(Br)c1. The number of hydrogen-bond acceptors (Lipinski definition) is 2. The number of rotatable bonds is 2. The lowest BCUT2D eigenvalue weighted by Gasteiger charge is -2.12. The maximum absolute atomic E-state index is 6.18. The fourth-order valence-electron chi connectivity index (χ4n) is 1.74. The summed E-state index contributed by atoms with van der Waals surface area (Å²) in [6, 6.07) is 6.08. The molecule has 2 rings (SSSR count). The first-order valence-corrected chi connectivity index (χ1v) is 7.86. The number of halogens is 3. The lowest BCUT2D eigenvalue weighted by Crippen LogP contribution is -2.01. The summed E-state index contributed by atoms with van der Waals surface area (Å²) in [5, 5.41) is 0.446. The molecule has 0 saturated heterocycles. The summed E-state index contributed by atoms with van der Waals surface area (Å²) in [5.41, 5.74) is 3.05. The first kappa shape index (κ1) is 14.9. The van der Waals surface area contributed by atoms with Crippen LogP contribution in [0.15, 0.2) is 27.1 Å². The summed E-state index contributed by atoms with van der Waals surface area (Å²) in [7, 11) is 0. The highest BCUT2D eigenvalue weighted by Crippen LogP contribution is 2.33. The van der Waals surface area contributed by atoms with Gasteiger partial charge in [0.25, 0.3) is 0 Å². The van der Waals surface area contributed by atoms with Crippen molar-refractivity contribution >= 4 is 43.5 Å². The highest BCUT2D eigenvalue weighted by atomic mass is 79.9. The molecule has 2 nitrogen and oxygen atoms in total. The van der Waals surface area contributed by atoms with E-state index in [0.717, 1.165) is 20.2 Å². The predicted octanol–water partition coefficient (Wildman–Crippen LogP) is 5.75. The van der Waals surface area contributed by atoms with Crippen molar-refractivity contribution in [2.24, 2.45) is 0 Å². The second kappa shape index (κ2) is 5.90. The number of aromatic nitrogens is 2. The summed E-state index contributed by atoms with van der Waals surface area (Å²) in [6.45, 7) is 6.21. The lowest BCUT2D eigenvalue weighted by molar-refractivity contribution is 0.809. The third-order valence-corrected chi connectivity index (χ3v) is 4.69. The molecular formula is C14H13Br2ClN2. The molecule has 1 heterocycles. The summed E-state index contributed by atoms with van der Waals surface area (Å²) >= 11 is 13.2. The van der Waals surface area contributed by atoms with Crippen LogP contribution in [0.5, 0.6) is 0 Å². The van der Waals surface area contributed by atoms with Crippen molar-refractivity contribution in [3.8, 4) is 11.4 Å². The average molecular weight is 405 g/mol. The fourth-order valence-corrected chi connectivity index (χ4v) is 3.22. The topological polar surface area (TPSA) is 25.8 Å². The van der Waals surface area contributed by atoms with Crippen molar-refractivity contribution in [3.05, 3.63) is 43.6 Å². The molecule has 0 atom stereocenters. The molecule has 2 aromatic rings.